The predicted octanol–water partition coefficient (Wildman–Crippen LogP) is 4.20. The van der Waals surface area contributed by atoms with Gasteiger partial charge in [0.1, 0.15) is 5.56 Å². The molecule has 0 aliphatic carbocycles. The number of carbonyl (C=O) groups excluding carboxylic acids is 1. The molecular formula is C20H17N3O4. The molecule has 2 aromatic carbocycles. The molecule has 27 heavy (non-hydrogen) atoms. The van der Waals surface area contributed by atoms with Crippen molar-refractivity contribution in [1.29, 1.82) is 0 Å². The molecule has 7 nitrogen and oxygen atoms in total. The summed E-state index contributed by atoms with van der Waals surface area (Å²) in [6.45, 7) is 3.66. The molecular weight excluding hydrogens is 346 g/mol. The Balaban J connectivity index is 2.19. The summed E-state index contributed by atoms with van der Waals surface area (Å²) in [5.74, 6) is -0.0579. The minimum Gasteiger partial charge on any atom is -0.462 e. The van der Waals surface area contributed by atoms with Crippen LogP contribution in [0.1, 0.15) is 23.0 Å². The average molecular weight is 363 g/mol. The van der Waals surface area contributed by atoms with Gasteiger partial charge in [-0.25, -0.2) is 14.8 Å². The number of aryl methyl sites for hydroxylation is 1. The highest BCUT2D eigenvalue weighted by Crippen LogP contribution is 2.29. The van der Waals surface area contributed by atoms with Crippen LogP contribution >= 0.6 is 0 Å². The molecule has 0 fully saturated rings. The highest BCUT2D eigenvalue weighted by molar-refractivity contribution is 5.97. The summed E-state index contributed by atoms with van der Waals surface area (Å²) in [5.41, 5.74) is 2.46. The Morgan fingerprint density at radius 1 is 1.04 bits per heavy atom. The molecule has 3 aromatic rings. The molecule has 3 rings (SSSR count). The SMILES string of the molecule is CCOC(=O)c1c(C)nc(-c2ccccc2)nc1-c1ccc([N+](=O)[O-])cc1. The van der Waals surface area contributed by atoms with Crippen LogP contribution < -0.4 is 0 Å². The summed E-state index contributed by atoms with van der Waals surface area (Å²) in [5, 5.41) is 10.9. The van der Waals surface area contributed by atoms with Gasteiger partial charge in [0, 0.05) is 23.3 Å². The largest absolute Gasteiger partial charge is 0.462 e. The third-order valence-electron chi connectivity index (χ3n) is 3.95. The van der Waals surface area contributed by atoms with Crippen molar-refractivity contribution >= 4 is 11.7 Å². The summed E-state index contributed by atoms with van der Waals surface area (Å²) < 4.78 is 5.15. The average Bonchev–Trinajstić information content (AvgIpc) is 2.68. The molecule has 0 saturated heterocycles. The lowest BCUT2D eigenvalue weighted by Crippen LogP contribution is -2.12. The third kappa shape index (κ3) is 3.82. The van der Waals surface area contributed by atoms with E-state index in [0.717, 1.165) is 5.56 Å². The number of hydrogen-bond donors (Lipinski definition) is 0. The fourth-order valence-electron chi connectivity index (χ4n) is 2.69. The van der Waals surface area contributed by atoms with E-state index in [4.69, 9.17) is 4.74 Å². The highest BCUT2D eigenvalue weighted by Gasteiger charge is 2.22. The molecule has 0 N–H and O–H groups in total. The fraction of sp³-hybridized carbons (Fsp3) is 0.150. The van der Waals surface area contributed by atoms with Crippen LogP contribution in [0.2, 0.25) is 0 Å². The summed E-state index contributed by atoms with van der Waals surface area (Å²) >= 11 is 0. The number of nitro benzene ring substituents is 1. The highest BCUT2D eigenvalue weighted by atomic mass is 16.6. The number of aromatic nitrogens is 2. The molecule has 0 aliphatic rings. The van der Waals surface area contributed by atoms with Crippen molar-refractivity contribution in [2.75, 3.05) is 6.61 Å². The van der Waals surface area contributed by atoms with Crippen molar-refractivity contribution in [3.8, 4) is 22.6 Å². The standard InChI is InChI=1S/C20H17N3O4/c1-3-27-20(24)17-13(2)21-19(15-7-5-4-6-8-15)22-18(17)14-9-11-16(12-10-14)23(25)26/h4-12H,3H2,1-2H3. The zero-order chi connectivity index (χ0) is 19.4. The molecule has 7 heteroatoms. The van der Waals surface area contributed by atoms with Gasteiger partial charge in [0.05, 0.1) is 22.9 Å². The number of rotatable bonds is 5. The Morgan fingerprint density at radius 2 is 1.70 bits per heavy atom. The first-order chi connectivity index (χ1) is 13.0. The molecule has 136 valence electrons. The first-order valence-electron chi connectivity index (χ1n) is 8.37. The van der Waals surface area contributed by atoms with Crippen LogP contribution in [0.3, 0.4) is 0 Å². The second-order valence-electron chi connectivity index (χ2n) is 5.75. The minimum atomic E-state index is -0.525. The summed E-state index contributed by atoms with van der Waals surface area (Å²) in [6, 6.07) is 15.3. The van der Waals surface area contributed by atoms with E-state index in [9.17, 15) is 14.9 Å². The van der Waals surface area contributed by atoms with Gasteiger partial charge in [-0.3, -0.25) is 10.1 Å². The van der Waals surface area contributed by atoms with Gasteiger partial charge in [0.15, 0.2) is 5.82 Å². The van der Waals surface area contributed by atoms with Crippen LogP contribution in [0.5, 0.6) is 0 Å². The number of benzene rings is 2. The maximum absolute atomic E-state index is 12.5. The third-order valence-corrected chi connectivity index (χ3v) is 3.95. The van der Waals surface area contributed by atoms with E-state index >= 15 is 0 Å². The second kappa shape index (κ2) is 7.74. The normalized spacial score (nSPS) is 10.4. The zero-order valence-electron chi connectivity index (χ0n) is 14.9. The summed E-state index contributed by atoms with van der Waals surface area (Å²) in [7, 11) is 0. The molecule has 0 bridgehead atoms. The molecule has 0 atom stereocenters. The van der Waals surface area contributed by atoms with Crippen LogP contribution in [0.4, 0.5) is 5.69 Å². The predicted molar refractivity (Wildman–Crippen MR) is 100 cm³/mol. The van der Waals surface area contributed by atoms with Gasteiger partial charge < -0.3 is 4.74 Å². The van der Waals surface area contributed by atoms with Crippen molar-refractivity contribution < 1.29 is 14.5 Å². The Bertz CT molecular complexity index is 986. The molecule has 0 unspecified atom stereocenters. The minimum absolute atomic E-state index is 0.0366. The second-order valence-corrected chi connectivity index (χ2v) is 5.75. The van der Waals surface area contributed by atoms with Gasteiger partial charge in [-0.1, -0.05) is 30.3 Å². The van der Waals surface area contributed by atoms with Gasteiger partial charge in [-0.05, 0) is 26.0 Å². The van der Waals surface area contributed by atoms with Gasteiger partial charge in [0.25, 0.3) is 5.69 Å². The lowest BCUT2D eigenvalue weighted by molar-refractivity contribution is -0.384. The summed E-state index contributed by atoms with van der Waals surface area (Å²) in [6.07, 6.45) is 0. The van der Waals surface area contributed by atoms with Crippen LogP contribution in [0, 0.1) is 17.0 Å². The molecule has 0 saturated carbocycles. The van der Waals surface area contributed by atoms with Gasteiger partial charge in [-0.15, -0.1) is 0 Å². The van der Waals surface area contributed by atoms with Crippen LogP contribution in [0.25, 0.3) is 22.6 Å². The maximum Gasteiger partial charge on any atom is 0.342 e. The van der Waals surface area contributed by atoms with Crippen molar-refractivity contribution in [3.05, 3.63) is 76.0 Å². The quantitative estimate of drug-likeness (QED) is 0.383. The van der Waals surface area contributed by atoms with E-state index in [0.29, 0.717) is 22.8 Å². The molecule has 0 radical (unpaired) electrons. The Kier molecular flexibility index (Phi) is 5.21. The number of nitrogens with zero attached hydrogens (tertiary/aromatic N) is 3. The van der Waals surface area contributed by atoms with Gasteiger partial charge in [-0.2, -0.15) is 0 Å². The monoisotopic (exact) mass is 363 g/mol. The van der Waals surface area contributed by atoms with Crippen molar-refractivity contribution in [1.82, 2.24) is 9.97 Å². The fourth-order valence-corrected chi connectivity index (χ4v) is 2.69. The number of non-ortho nitro benzene ring substituents is 1. The Hall–Kier alpha value is -3.61. The Morgan fingerprint density at radius 3 is 2.30 bits per heavy atom. The van der Waals surface area contributed by atoms with E-state index in [2.05, 4.69) is 9.97 Å². The lowest BCUT2D eigenvalue weighted by Gasteiger charge is -2.13. The molecule has 0 amide bonds. The van der Waals surface area contributed by atoms with Crippen LogP contribution in [0.15, 0.2) is 54.6 Å². The first kappa shape index (κ1) is 18.2. The number of nitro groups is 1. The van der Waals surface area contributed by atoms with E-state index in [1.165, 1.54) is 12.1 Å². The van der Waals surface area contributed by atoms with Crippen molar-refractivity contribution in [2.24, 2.45) is 0 Å². The molecule has 0 spiro atoms. The molecule has 0 aliphatic heterocycles. The summed E-state index contributed by atoms with van der Waals surface area (Å²) in [4.78, 5) is 31.9. The van der Waals surface area contributed by atoms with Crippen LogP contribution in [-0.4, -0.2) is 27.5 Å². The maximum atomic E-state index is 12.5. The number of esters is 1. The first-order valence-corrected chi connectivity index (χ1v) is 8.37. The van der Waals surface area contributed by atoms with Gasteiger partial charge >= 0.3 is 5.97 Å². The topological polar surface area (TPSA) is 95.2 Å². The number of ether oxygens (including phenoxy) is 1. The zero-order valence-corrected chi connectivity index (χ0v) is 14.9. The van der Waals surface area contributed by atoms with E-state index in [1.54, 1.807) is 26.0 Å². The van der Waals surface area contributed by atoms with Gasteiger partial charge in [0.2, 0.25) is 0 Å². The Labute approximate surface area is 155 Å². The number of carbonyl (C=O) groups is 1. The molecule has 1 aromatic heterocycles. The smallest absolute Gasteiger partial charge is 0.342 e. The van der Waals surface area contributed by atoms with E-state index in [-0.39, 0.29) is 17.9 Å². The van der Waals surface area contributed by atoms with E-state index < -0.39 is 10.9 Å². The lowest BCUT2D eigenvalue weighted by atomic mass is 10.0. The van der Waals surface area contributed by atoms with Crippen molar-refractivity contribution in [2.45, 2.75) is 13.8 Å². The van der Waals surface area contributed by atoms with Crippen molar-refractivity contribution in [3.63, 3.8) is 0 Å². The van der Waals surface area contributed by atoms with E-state index in [1.807, 2.05) is 30.3 Å². The molecule has 1 heterocycles. The van der Waals surface area contributed by atoms with Crippen LogP contribution in [-0.2, 0) is 4.74 Å². The number of hydrogen-bond acceptors (Lipinski definition) is 6.